The highest BCUT2D eigenvalue weighted by molar-refractivity contribution is 9.10. The molecule has 0 aromatic heterocycles. The first-order valence-electron chi connectivity index (χ1n) is 6.88. The Balaban J connectivity index is 1.85. The number of aromatic hydroxyl groups is 1. The van der Waals surface area contributed by atoms with E-state index >= 15 is 0 Å². The minimum atomic E-state index is -0.922. The summed E-state index contributed by atoms with van der Waals surface area (Å²) in [6.07, 6.45) is 0. The lowest BCUT2D eigenvalue weighted by Gasteiger charge is -2.09. The first kappa shape index (κ1) is 18.4. The van der Waals surface area contributed by atoms with E-state index in [9.17, 15) is 23.9 Å². The van der Waals surface area contributed by atoms with Gasteiger partial charge in [0.25, 0.3) is 11.8 Å². The fourth-order valence-corrected chi connectivity index (χ4v) is 2.12. The highest BCUT2D eigenvalue weighted by atomic mass is 79.9. The number of esters is 1. The largest absolute Gasteiger partial charge is 0.507 e. The van der Waals surface area contributed by atoms with Gasteiger partial charge >= 0.3 is 5.97 Å². The van der Waals surface area contributed by atoms with E-state index in [-0.39, 0.29) is 16.9 Å². The van der Waals surface area contributed by atoms with Crippen LogP contribution in [0.4, 0.5) is 4.39 Å². The average Bonchev–Trinajstić information content (AvgIpc) is 2.60. The highest BCUT2D eigenvalue weighted by Gasteiger charge is 2.16. The molecule has 130 valence electrons. The van der Waals surface area contributed by atoms with Gasteiger partial charge in [-0.2, -0.15) is 0 Å². The smallest absolute Gasteiger partial charge is 0.342 e. The molecule has 7 nitrogen and oxygen atoms in total. The molecule has 0 saturated carbocycles. The van der Waals surface area contributed by atoms with Gasteiger partial charge < -0.3 is 9.84 Å². The van der Waals surface area contributed by atoms with Gasteiger partial charge in [0.05, 0.1) is 5.56 Å². The molecule has 2 aromatic rings. The van der Waals surface area contributed by atoms with Crippen molar-refractivity contribution < 1.29 is 28.6 Å². The summed E-state index contributed by atoms with van der Waals surface area (Å²) in [6, 6.07) is 9.37. The van der Waals surface area contributed by atoms with Gasteiger partial charge in [-0.15, -0.1) is 0 Å². The lowest BCUT2D eigenvalue weighted by molar-refractivity contribution is -0.125. The first-order valence-corrected chi connectivity index (χ1v) is 7.67. The Kier molecular flexibility index (Phi) is 6.07. The molecule has 0 atom stereocenters. The maximum absolute atomic E-state index is 13.4. The number of halogens is 2. The number of hydrazine groups is 1. The molecular formula is C16H12BrFN2O5. The van der Waals surface area contributed by atoms with E-state index in [4.69, 9.17) is 4.74 Å². The van der Waals surface area contributed by atoms with Crippen molar-refractivity contribution in [2.75, 3.05) is 6.61 Å². The molecule has 25 heavy (non-hydrogen) atoms. The van der Waals surface area contributed by atoms with Crippen LogP contribution in [0.2, 0.25) is 0 Å². The molecule has 0 spiro atoms. The van der Waals surface area contributed by atoms with Gasteiger partial charge in [-0.3, -0.25) is 20.4 Å². The Bertz CT molecular complexity index is 828. The van der Waals surface area contributed by atoms with E-state index < -0.39 is 30.2 Å². The van der Waals surface area contributed by atoms with Gasteiger partial charge in [0.2, 0.25) is 0 Å². The maximum Gasteiger partial charge on any atom is 0.342 e. The number of ether oxygens (including phenoxy) is 1. The third-order valence-electron chi connectivity index (χ3n) is 2.95. The molecule has 2 amide bonds. The van der Waals surface area contributed by atoms with Crippen LogP contribution in [0.5, 0.6) is 5.75 Å². The van der Waals surface area contributed by atoms with E-state index in [1.807, 2.05) is 10.9 Å². The van der Waals surface area contributed by atoms with Gasteiger partial charge in [-0.25, -0.2) is 9.18 Å². The highest BCUT2D eigenvalue weighted by Crippen LogP contribution is 2.22. The van der Waals surface area contributed by atoms with Gasteiger partial charge in [0, 0.05) is 4.47 Å². The van der Waals surface area contributed by atoms with E-state index in [1.54, 1.807) is 0 Å². The summed E-state index contributed by atoms with van der Waals surface area (Å²) in [6.45, 7) is -0.706. The molecule has 3 N–H and O–H groups in total. The van der Waals surface area contributed by atoms with Crippen LogP contribution in [0.15, 0.2) is 46.9 Å². The first-order chi connectivity index (χ1) is 11.9. The fourth-order valence-electron chi connectivity index (χ4n) is 1.76. The molecule has 0 radical (unpaired) electrons. The van der Waals surface area contributed by atoms with Crippen LogP contribution in [0.3, 0.4) is 0 Å². The monoisotopic (exact) mass is 410 g/mol. The van der Waals surface area contributed by atoms with Crippen molar-refractivity contribution in [1.82, 2.24) is 10.9 Å². The minimum absolute atomic E-state index is 0.127. The lowest BCUT2D eigenvalue weighted by Crippen LogP contribution is -2.43. The van der Waals surface area contributed by atoms with E-state index in [0.29, 0.717) is 4.47 Å². The third-order valence-corrected chi connectivity index (χ3v) is 3.44. The van der Waals surface area contributed by atoms with Crippen LogP contribution >= 0.6 is 15.9 Å². The molecule has 0 heterocycles. The van der Waals surface area contributed by atoms with E-state index in [1.165, 1.54) is 36.4 Å². The zero-order valence-corrected chi connectivity index (χ0v) is 14.2. The Labute approximate surface area is 149 Å². The number of amides is 2. The number of phenols is 1. The van der Waals surface area contributed by atoms with Crippen molar-refractivity contribution in [1.29, 1.82) is 0 Å². The van der Waals surface area contributed by atoms with Crippen molar-refractivity contribution in [3.63, 3.8) is 0 Å². The van der Waals surface area contributed by atoms with Crippen molar-refractivity contribution in [3.8, 4) is 5.75 Å². The molecule has 0 bridgehead atoms. The second-order valence-electron chi connectivity index (χ2n) is 4.72. The standard InChI is InChI=1S/C16H12BrFN2O5/c17-9-5-6-13(21)11(7-9)16(24)25-8-14(22)19-20-15(23)10-3-1-2-4-12(10)18/h1-7,21H,8H2,(H,19,22)(H,20,23). The van der Waals surface area contributed by atoms with Crippen LogP contribution in [0.1, 0.15) is 20.7 Å². The number of nitrogens with one attached hydrogen (secondary N) is 2. The molecule has 0 aliphatic carbocycles. The second kappa shape index (κ2) is 8.25. The molecule has 2 aromatic carbocycles. The number of hydrogen-bond donors (Lipinski definition) is 3. The number of carbonyl (C=O) groups excluding carboxylic acids is 3. The molecule has 0 aliphatic heterocycles. The number of benzene rings is 2. The number of hydrogen-bond acceptors (Lipinski definition) is 5. The lowest BCUT2D eigenvalue weighted by atomic mass is 10.2. The zero-order valence-electron chi connectivity index (χ0n) is 12.6. The van der Waals surface area contributed by atoms with Crippen molar-refractivity contribution in [3.05, 3.63) is 63.9 Å². The van der Waals surface area contributed by atoms with Crippen molar-refractivity contribution >= 4 is 33.7 Å². The summed E-state index contributed by atoms with van der Waals surface area (Å²) in [7, 11) is 0. The predicted octanol–water partition coefficient (Wildman–Crippen LogP) is 1.91. The number of rotatable bonds is 4. The average molecular weight is 411 g/mol. The molecule has 0 unspecified atom stereocenters. The molecule has 0 aliphatic rings. The van der Waals surface area contributed by atoms with E-state index in [0.717, 1.165) is 6.07 Å². The van der Waals surface area contributed by atoms with Crippen LogP contribution in [0, 0.1) is 5.82 Å². The summed E-state index contributed by atoms with van der Waals surface area (Å²) >= 11 is 3.14. The molecular weight excluding hydrogens is 399 g/mol. The third kappa shape index (κ3) is 5.01. The molecule has 9 heteroatoms. The Morgan fingerprint density at radius 1 is 1.08 bits per heavy atom. The molecule has 0 saturated heterocycles. The van der Waals surface area contributed by atoms with Crippen molar-refractivity contribution in [2.24, 2.45) is 0 Å². The maximum atomic E-state index is 13.4. The van der Waals surface area contributed by atoms with Gasteiger partial charge in [-0.05, 0) is 30.3 Å². The Morgan fingerprint density at radius 2 is 1.80 bits per heavy atom. The van der Waals surface area contributed by atoms with E-state index in [2.05, 4.69) is 15.9 Å². The minimum Gasteiger partial charge on any atom is -0.507 e. The van der Waals surface area contributed by atoms with Crippen LogP contribution in [-0.4, -0.2) is 29.5 Å². The molecule has 0 fully saturated rings. The SMILES string of the molecule is O=C(COC(=O)c1cc(Br)ccc1O)NNC(=O)c1ccccc1F. The van der Waals surface area contributed by atoms with Gasteiger partial charge in [0.15, 0.2) is 6.61 Å². The van der Waals surface area contributed by atoms with Gasteiger partial charge in [0.1, 0.15) is 17.1 Å². The summed E-state index contributed by atoms with van der Waals surface area (Å²) in [4.78, 5) is 35.1. The summed E-state index contributed by atoms with van der Waals surface area (Å²) in [5.41, 5.74) is 3.61. The molecule has 2 rings (SSSR count). The normalized spacial score (nSPS) is 10.0. The summed E-state index contributed by atoms with van der Waals surface area (Å²) in [5, 5.41) is 9.58. The van der Waals surface area contributed by atoms with Crippen molar-refractivity contribution in [2.45, 2.75) is 0 Å². The fraction of sp³-hybridized carbons (Fsp3) is 0.0625. The topological polar surface area (TPSA) is 105 Å². The predicted molar refractivity (Wildman–Crippen MR) is 88.1 cm³/mol. The number of phenolic OH excluding ortho intramolecular Hbond substituents is 1. The summed E-state index contributed by atoms with van der Waals surface area (Å²) in [5.74, 6) is -3.67. The zero-order chi connectivity index (χ0) is 18.4. The van der Waals surface area contributed by atoms with Crippen LogP contribution < -0.4 is 10.9 Å². The van der Waals surface area contributed by atoms with Crippen LogP contribution in [-0.2, 0) is 9.53 Å². The summed E-state index contributed by atoms with van der Waals surface area (Å²) < 4.78 is 18.7. The number of carbonyl (C=O) groups is 3. The Morgan fingerprint density at radius 3 is 2.52 bits per heavy atom. The second-order valence-corrected chi connectivity index (χ2v) is 5.64. The van der Waals surface area contributed by atoms with Crippen LogP contribution in [0.25, 0.3) is 0 Å². The van der Waals surface area contributed by atoms with Gasteiger partial charge in [-0.1, -0.05) is 28.1 Å². The quantitative estimate of drug-likeness (QED) is 0.527. The Hall–Kier alpha value is -2.94.